The van der Waals surface area contributed by atoms with E-state index in [1.54, 1.807) is 41.5 Å². The largest absolute Gasteiger partial charge is 0.508 e. The maximum absolute atomic E-state index is 14.1. The molecule has 2 aromatic rings. The fourth-order valence-electron chi connectivity index (χ4n) is 4.38. The number of anilines is 1. The summed E-state index contributed by atoms with van der Waals surface area (Å²) in [5.41, 5.74) is -3.02. The van der Waals surface area contributed by atoms with Gasteiger partial charge in [0.05, 0.1) is 30.5 Å². The van der Waals surface area contributed by atoms with Crippen molar-refractivity contribution in [3.63, 3.8) is 0 Å². The number of hydrogen-bond donors (Lipinski definition) is 2. The fourth-order valence-corrected chi connectivity index (χ4v) is 4.38. The summed E-state index contributed by atoms with van der Waals surface area (Å²) in [6, 6.07) is 5.09. The molecule has 1 aliphatic heterocycles. The SMILES string of the molecule is COC(=O)[C@@H]1CN(C(=O)OC(C)(C)C)CCN1C(=O)c1cc(-c2cc(O)cc(C(F)(F)F)c2)ccc1NC(=O)OC(C)(C)C. The first-order valence-electron chi connectivity index (χ1n) is 13.6. The van der Waals surface area contributed by atoms with Gasteiger partial charge in [0.2, 0.25) is 0 Å². The zero-order chi connectivity index (χ0) is 33.2. The minimum Gasteiger partial charge on any atom is -0.508 e. The molecule has 1 fully saturated rings. The third-order valence-corrected chi connectivity index (χ3v) is 6.23. The molecule has 3 amide bonds. The highest BCUT2D eigenvalue weighted by Crippen LogP contribution is 2.36. The molecule has 0 bridgehead atoms. The smallest absolute Gasteiger partial charge is 0.416 e. The molecule has 0 aliphatic carbocycles. The lowest BCUT2D eigenvalue weighted by Gasteiger charge is -2.40. The van der Waals surface area contributed by atoms with E-state index in [4.69, 9.17) is 14.2 Å². The van der Waals surface area contributed by atoms with Gasteiger partial charge in [-0.25, -0.2) is 14.4 Å². The van der Waals surface area contributed by atoms with Crippen molar-refractivity contribution < 1.29 is 51.7 Å². The molecule has 2 N–H and O–H groups in total. The highest BCUT2D eigenvalue weighted by atomic mass is 19.4. The monoisotopic (exact) mass is 623 g/mol. The van der Waals surface area contributed by atoms with Gasteiger partial charge < -0.3 is 29.1 Å². The van der Waals surface area contributed by atoms with Gasteiger partial charge in [-0.05, 0) is 83.0 Å². The Bertz CT molecular complexity index is 1430. The lowest BCUT2D eigenvalue weighted by atomic mass is 9.98. The zero-order valence-corrected chi connectivity index (χ0v) is 25.5. The first-order valence-corrected chi connectivity index (χ1v) is 13.6. The summed E-state index contributed by atoms with van der Waals surface area (Å²) in [7, 11) is 1.12. The quantitative estimate of drug-likeness (QED) is 0.329. The van der Waals surface area contributed by atoms with Crippen LogP contribution in [-0.2, 0) is 25.2 Å². The van der Waals surface area contributed by atoms with Crippen molar-refractivity contribution in [2.45, 2.75) is 65.0 Å². The number of esters is 1. The van der Waals surface area contributed by atoms with Gasteiger partial charge in [-0.1, -0.05) is 6.07 Å². The first kappa shape index (κ1) is 34.0. The van der Waals surface area contributed by atoms with E-state index in [1.807, 2.05) is 0 Å². The number of methoxy groups -OCH3 is 1. The van der Waals surface area contributed by atoms with Crippen LogP contribution in [0.25, 0.3) is 11.1 Å². The molecule has 0 unspecified atom stereocenters. The summed E-state index contributed by atoms with van der Waals surface area (Å²) in [5, 5.41) is 12.5. The van der Waals surface area contributed by atoms with Crippen LogP contribution < -0.4 is 5.32 Å². The molecule has 0 radical (unpaired) electrons. The number of carbonyl (C=O) groups is 4. The fraction of sp³-hybridized carbons (Fsp3) is 0.467. The van der Waals surface area contributed by atoms with Crippen LogP contribution in [-0.4, -0.2) is 83.0 Å². The van der Waals surface area contributed by atoms with Gasteiger partial charge in [0.25, 0.3) is 5.91 Å². The molecular weight excluding hydrogens is 587 g/mol. The summed E-state index contributed by atoms with van der Waals surface area (Å²) in [6.45, 7) is 9.52. The molecule has 1 aliphatic rings. The number of ether oxygens (including phenoxy) is 3. The van der Waals surface area contributed by atoms with Gasteiger partial charge in [-0.15, -0.1) is 0 Å². The van der Waals surface area contributed by atoms with Gasteiger partial charge in [0, 0.05) is 13.1 Å². The highest BCUT2D eigenvalue weighted by Gasteiger charge is 2.40. The summed E-state index contributed by atoms with van der Waals surface area (Å²) in [5.74, 6) is -2.26. The Kier molecular flexibility index (Phi) is 9.76. The van der Waals surface area contributed by atoms with E-state index in [2.05, 4.69) is 5.32 Å². The molecule has 0 spiro atoms. The number of phenols is 1. The average molecular weight is 624 g/mol. The van der Waals surface area contributed by atoms with Crippen LogP contribution >= 0.6 is 0 Å². The molecule has 1 atom stereocenters. The Balaban J connectivity index is 2.08. The van der Waals surface area contributed by atoms with Crippen LogP contribution in [0.1, 0.15) is 57.5 Å². The molecule has 0 saturated carbocycles. The van der Waals surface area contributed by atoms with Crippen molar-refractivity contribution in [1.82, 2.24) is 9.80 Å². The molecule has 0 aromatic heterocycles. The maximum Gasteiger partial charge on any atom is 0.416 e. The van der Waals surface area contributed by atoms with E-state index in [0.717, 1.165) is 24.1 Å². The van der Waals surface area contributed by atoms with E-state index in [0.29, 0.717) is 6.07 Å². The van der Waals surface area contributed by atoms with E-state index in [9.17, 15) is 37.5 Å². The number of amides is 3. The Morgan fingerprint density at radius 1 is 0.886 bits per heavy atom. The molecule has 2 aromatic carbocycles. The predicted octanol–water partition coefficient (Wildman–Crippen LogP) is 5.66. The average Bonchev–Trinajstić information content (AvgIpc) is 2.89. The molecular formula is C30H36F3N3O8. The second-order valence-electron chi connectivity index (χ2n) is 12.1. The summed E-state index contributed by atoms with van der Waals surface area (Å²) in [4.78, 5) is 54.7. The van der Waals surface area contributed by atoms with Crippen LogP contribution in [0.5, 0.6) is 5.75 Å². The third kappa shape index (κ3) is 8.77. The number of halogens is 3. The van der Waals surface area contributed by atoms with Crippen LogP contribution in [0.3, 0.4) is 0 Å². The Morgan fingerprint density at radius 3 is 2.09 bits per heavy atom. The molecule has 1 heterocycles. The number of nitrogens with zero attached hydrogens (tertiary/aromatic N) is 2. The topological polar surface area (TPSA) is 135 Å². The van der Waals surface area contributed by atoms with Crippen LogP contribution in [0.15, 0.2) is 36.4 Å². The Morgan fingerprint density at radius 2 is 1.52 bits per heavy atom. The Hall–Kier alpha value is -4.49. The van der Waals surface area contributed by atoms with Crippen molar-refractivity contribution in [2.24, 2.45) is 0 Å². The van der Waals surface area contributed by atoms with Gasteiger partial charge in [-0.2, -0.15) is 13.2 Å². The third-order valence-electron chi connectivity index (χ3n) is 6.23. The lowest BCUT2D eigenvalue weighted by molar-refractivity contribution is -0.148. The standard InChI is InChI=1S/C30H36F3N3O8/c1-28(2,3)43-26(40)34-22-9-8-17(18-12-19(30(31,32)33)15-20(37)13-18)14-21(22)24(38)36-11-10-35(16-23(36)25(39)42-7)27(41)44-29(4,5)6/h8-9,12-15,23,37H,10-11,16H2,1-7H3,(H,34,40)/t23-/m0/s1. The zero-order valence-electron chi connectivity index (χ0n) is 25.5. The van der Waals surface area contributed by atoms with Crippen molar-refractivity contribution in [1.29, 1.82) is 0 Å². The number of hydrogen-bond acceptors (Lipinski definition) is 8. The minimum absolute atomic E-state index is 0.00976. The van der Waals surface area contributed by atoms with Gasteiger partial charge in [0.15, 0.2) is 0 Å². The second-order valence-corrected chi connectivity index (χ2v) is 12.1. The number of carbonyl (C=O) groups excluding carboxylic acids is 4. The van der Waals surface area contributed by atoms with E-state index < -0.39 is 58.8 Å². The summed E-state index contributed by atoms with van der Waals surface area (Å²) >= 11 is 0. The van der Waals surface area contributed by atoms with Crippen molar-refractivity contribution in [3.8, 4) is 16.9 Å². The van der Waals surface area contributed by atoms with Crippen molar-refractivity contribution in [3.05, 3.63) is 47.5 Å². The van der Waals surface area contributed by atoms with Crippen LogP contribution in [0.4, 0.5) is 28.4 Å². The maximum atomic E-state index is 14.1. The number of aromatic hydroxyl groups is 1. The van der Waals surface area contributed by atoms with E-state index in [-0.39, 0.29) is 42.0 Å². The molecule has 11 nitrogen and oxygen atoms in total. The molecule has 14 heteroatoms. The number of rotatable bonds is 4. The molecule has 3 rings (SSSR count). The number of piperazine rings is 1. The number of alkyl halides is 3. The number of nitrogens with one attached hydrogen (secondary N) is 1. The second kappa shape index (κ2) is 12.6. The van der Waals surface area contributed by atoms with E-state index in [1.165, 1.54) is 23.1 Å². The molecule has 1 saturated heterocycles. The van der Waals surface area contributed by atoms with Gasteiger partial charge in [-0.3, -0.25) is 10.1 Å². The summed E-state index contributed by atoms with van der Waals surface area (Å²) < 4.78 is 56.0. The van der Waals surface area contributed by atoms with Crippen molar-refractivity contribution in [2.75, 3.05) is 32.1 Å². The van der Waals surface area contributed by atoms with E-state index >= 15 is 0 Å². The molecule has 240 valence electrons. The number of benzene rings is 2. The predicted molar refractivity (Wildman–Crippen MR) is 153 cm³/mol. The first-order chi connectivity index (χ1) is 20.2. The number of phenolic OH excluding ortho intramolecular Hbond substituents is 1. The van der Waals surface area contributed by atoms with Gasteiger partial charge >= 0.3 is 24.3 Å². The van der Waals surface area contributed by atoms with Crippen molar-refractivity contribution >= 4 is 29.8 Å². The highest BCUT2D eigenvalue weighted by molar-refractivity contribution is 6.05. The lowest BCUT2D eigenvalue weighted by Crippen LogP contribution is -2.60. The summed E-state index contributed by atoms with van der Waals surface area (Å²) in [6.07, 6.45) is -6.36. The minimum atomic E-state index is -4.76. The molecule has 44 heavy (non-hydrogen) atoms. The van der Waals surface area contributed by atoms with Crippen LogP contribution in [0, 0.1) is 0 Å². The normalized spacial score (nSPS) is 15.8. The Labute approximate surface area is 252 Å². The van der Waals surface area contributed by atoms with Gasteiger partial charge in [0.1, 0.15) is 23.0 Å². The van der Waals surface area contributed by atoms with Crippen LogP contribution in [0.2, 0.25) is 0 Å².